The van der Waals surface area contributed by atoms with Crippen molar-refractivity contribution in [2.45, 2.75) is 40.5 Å². The molecule has 0 saturated carbocycles. The van der Waals surface area contributed by atoms with E-state index in [1.807, 2.05) is 25.1 Å². The number of amides is 1. The molecule has 100 valence electrons. The third-order valence-corrected chi connectivity index (χ3v) is 3.18. The number of anilines is 2. The monoisotopic (exact) mass is 248 g/mol. The van der Waals surface area contributed by atoms with Gasteiger partial charge in [-0.05, 0) is 30.5 Å². The van der Waals surface area contributed by atoms with E-state index in [0.29, 0.717) is 12.3 Å². The molecule has 1 aromatic rings. The molecule has 0 saturated heterocycles. The zero-order valence-electron chi connectivity index (χ0n) is 11.8. The number of hydrogen-bond donors (Lipinski definition) is 2. The smallest absolute Gasteiger partial charge is 0.224 e. The standard InChI is InChI=1S/C15H24N2O/c1-5-11(3)10-16-14-9-13(8-7-12(14)4)17-15(18)6-2/h7-9,11,16H,5-6,10H2,1-4H3,(H,17,18). The van der Waals surface area contributed by atoms with Crippen LogP contribution in [0, 0.1) is 12.8 Å². The predicted octanol–water partition coefficient (Wildman–Crippen LogP) is 3.80. The highest BCUT2D eigenvalue weighted by molar-refractivity contribution is 5.91. The molecule has 0 spiro atoms. The van der Waals surface area contributed by atoms with E-state index < -0.39 is 0 Å². The van der Waals surface area contributed by atoms with Gasteiger partial charge in [0.1, 0.15) is 0 Å². The Balaban J connectivity index is 2.71. The maximum atomic E-state index is 11.4. The Labute approximate surface area is 110 Å². The minimum Gasteiger partial charge on any atom is -0.385 e. The number of aryl methyl sites for hydroxylation is 1. The number of carbonyl (C=O) groups is 1. The van der Waals surface area contributed by atoms with Gasteiger partial charge < -0.3 is 10.6 Å². The van der Waals surface area contributed by atoms with Crippen molar-refractivity contribution in [3.63, 3.8) is 0 Å². The molecule has 1 atom stereocenters. The minimum atomic E-state index is 0.0479. The number of carbonyl (C=O) groups excluding carboxylic acids is 1. The number of benzene rings is 1. The quantitative estimate of drug-likeness (QED) is 0.804. The average Bonchev–Trinajstić information content (AvgIpc) is 2.38. The molecule has 1 amide bonds. The first-order valence-electron chi connectivity index (χ1n) is 6.71. The Bertz CT molecular complexity index is 401. The zero-order chi connectivity index (χ0) is 13.5. The first-order valence-corrected chi connectivity index (χ1v) is 6.71. The van der Waals surface area contributed by atoms with Gasteiger partial charge in [0.25, 0.3) is 0 Å². The Morgan fingerprint density at radius 2 is 2.06 bits per heavy atom. The van der Waals surface area contributed by atoms with Crippen LogP contribution in [-0.4, -0.2) is 12.5 Å². The highest BCUT2D eigenvalue weighted by Crippen LogP contribution is 2.21. The van der Waals surface area contributed by atoms with Crippen molar-refractivity contribution < 1.29 is 4.79 Å². The highest BCUT2D eigenvalue weighted by Gasteiger charge is 2.04. The second-order valence-electron chi connectivity index (χ2n) is 4.83. The third kappa shape index (κ3) is 4.40. The van der Waals surface area contributed by atoms with E-state index in [0.717, 1.165) is 24.3 Å². The van der Waals surface area contributed by atoms with Crippen LogP contribution in [0.3, 0.4) is 0 Å². The average molecular weight is 248 g/mol. The van der Waals surface area contributed by atoms with Crippen molar-refractivity contribution in [2.75, 3.05) is 17.2 Å². The molecule has 1 rings (SSSR count). The first-order chi connectivity index (χ1) is 8.56. The maximum absolute atomic E-state index is 11.4. The molecule has 2 N–H and O–H groups in total. The maximum Gasteiger partial charge on any atom is 0.224 e. The highest BCUT2D eigenvalue weighted by atomic mass is 16.1. The van der Waals surface area contributed by atoms with Crippen molar-refractivity contribution in [3.8, 4) is 0 Å². The van der Waals surface area contributed by atoms with Crippen LogP contribution in [0.5, 0.6) is 0 Å². The number of nitrogens with one attached hydrogen (secondary N) is 2. The first kappa shape index (κ1) is 14.6. The Kier molecular flexibility index (Phi) is 5.69. The van der Waals surface area contributed by atoms with Gasteiger partial charge in [0.15, 0.2) is 0 Å². The summed E-state index contributed by atoms with van der Waals surface area (Å²) < 4.78 is 0. The van der Waals surface area contributed by atoms with E-state index in [9.17, 15) is 4.79 Å². The lowest BCUT2D eigenvalue weighted by molar-refractivity contribution is -0.115. The number of hydrogen-bond acceptors (Lipinski definition) is 2. The fourth-order valence-corrected chi connectivity index (χ4v) is 1.57. The van der Waals surface area contributed by atoms with Gasteiger partial charge >= 0.3 is 0 Å². The van der Waals surface area contributed by atoms with E-state index in [1.165, 1.54) is 5.56 Å². The molecule has 1 unspecified atom stereocenters. The molecular formula is C15H24N2O. The summed E-state index contributed by atoms with van der Waals surface area (Å²) >= 11 is 0. The summed E-state index contributed by atoms with van der Waals surface area (Å²) in [6.07, 6.45) is 1.67. The lowest BCUT2D eigenvalue weighted by Crippen LogP contribution is -2.12. The molecule has 0 radical (unpaired) electrons. The van der Waals surface area contributed by atoms with E-state index >= 15 is 0 Å². The minimum absolute atomic E-state index is 0.0479. The van der Waals surface area contributed by atoms with Gasteiger partial charge in [-0.25, -0.2) is 0 Å². The summed E-state index contributed by atoms with van der Waals surface area (Å²) in [6, 6.07) is 5.98. The van der Waals surface area contributed by atoms with Crippen LogP contribution in [0.1, 0.15) is 39.2 Å². The van der Waals surface area contributed by atoms with E-state index in [4.69, 9.17) is 0 Å². The third-order valence-electron chi connectivity index (χ3n) is 3.18. The molecule has 18 heavy (non-hydrogen) atoms. The molecule has 3 heteroatoms. The SMILES string of the molecule is CCC(=O)Nc1ccc(C)c(NCC(C)CC)c1. The normalized spacial score (nSPS) is 12.0. The second kappa shape index (κ2) is 7.04. The van der Waals surface area contributed by atoms with E-state index in [1.54, 1.807) is 0 Å². The summed E-state index contributed by atoms with van der Waals surface area (Å²) in [4.78, 5) is 11.4. The summed E-state index contributed by atoms with van der Waals surface area (Å²) in [5.74, 6) is 0.699. The van der Waals surface area contributed by atoms with Crippen molar-refractivity contribution in [2.24, 2.45) is 5.92 Å². The van der Waals surface area contributed by atoms with Crippen LogP contribution >= 0.6 is 0 Å². The molecule has 1 aromatic carbocycles. The Hall–Kier alpha value is -1.51. The summed E-state index contributed by atoms with van der Waals surface area (Å²) in [5, 5.41) is 6.33. The topological polar surface area (TPSA) is 41.1 Å². The summed E-state index contributed by atoms with van der Waals surface area (Å²) in [7, 11) is 0. The molecular weight excluding hydrogens is 224 g/mol. The molecule has 0 aliphatic rings. The number of rotatable bonds is 6. The molecule has 0 aliphatic carbocycles. The largest absolute Gasteiger partial charge is 0.385 e. The van der Waals surface area contributed by atoms with Crippen LogP contribution < -0.4 is 10.6 Å². The molecule has 0 bridgehead atoms. The van der Waals surface area contributed by atoms with Crippen molar-refractivity contribution in [1.82, 2.24) is 0 Å². The molecule has 0 aromatic heterocycles. The molecule has 0 heterocycles. The Morgan fingerprint density at radius 3 is 2.67 bits per heavy atom. The van der Waals surface area contributed by atoms with Gasteiger partial charge in [-0.3, -0.25) is 4.79 Å². The lowest BCUT2D eigenvalue weighted by atomic mass is 10.1. The van der Waals surface area contributed by atoms with E-state index in [-0.39, 0.29) is 5.91 Å². The van der Waals surface area contributed by atoms with E-state index in [2.05, 4.69) is 31.4 Å². The van der Waals surface area contributed by atoms with Gasteiger partial charge in [-0.2, -0.15) is 0 Å². The van der Waals surface area contributed by atoms with Crippen LogP contribution in [0.25, 0.3) is 0 Å². The lowest BCUT2D eigenvalue weighted by Gasteiger charge is -2.15. The van der Waals surface area contributed by atoms with Crippen LogP contribution in [0.15, 0.2) is 18.2 Å². The van der Waals surface area contributed by atoms with Gasteiger partial charge in [0.05, 0.1) is 0 Å². The van der Waals surface area contributed by atoms with Gasteiger partial charge in [0, 0.05) is 24.3 Å². The fraction of sp³-hybridized carbons (Fsp3) is 0.533. The van der Waals surface area contributed by atoms with Crippen LogP contribution in [0.2, 0.25) is 0 Å². The van der Waals surface area contributed by atoms with Crippen LogP contribution in [-0.2, 0) is 4.79 Å². The van der Waals surface area contributed by atoms with Gasteiger partial charge in [0.2, 0.25) is 5.91 Å². The van der Waals surface area contributed by atoms with Crippen molar-refractivity contribution >= 4 is 17.3 Å². The molecule has 3 nitrogen and oxygen atoms in total. The predicted molar refractivity (Wildman–Crippen MR) is 78.0 cm³/mol. The zero-order valence-corrected chi connectivity index (χ0v) is 11.8. The summed E-state index contributed by atoms with van der Waals surface area (Å²) in [5.41, 5.74) is 3.16. The Morgan fingerprint density at radius 1 is 1.33 bits per heavy atom. The van der Waals surface area contributed by atoms with Crippen LogP contribution in [0.4, 0.5) is 11.4 Å². The molecule has 0 fully saturated rings. The van der Waals surface area contributed by atoms with Crippen molar-refractivity contribution in [1.29, 1.82) is 0 Å². The van der Waals surface area contributed by atoms with Gasteiger partial charge in [-0.15, -0.1) is 0 Å². The fourth-order valence-electron chi connectivity index (χ4n) is 1.57. The van der Waals surface area contributed by atoms with Gasteiger partial charge in [-0.1, -0.05) is 33.3 Å². The van der Waals surface area contributed by atoms with Crippen molar-refractivity contribution in [3.05, 3.63) is 23.8 Å². The molecule has 0 aliphatic heterocycles. The summed E-state index contributed by atoms with van der Waals surface area (Å²) in [6.45, 7) is 9.31. The second-order valence-corrected chi connectivity index (χ2v) is 4.83.